The number of rotatable bonds is 3. The van der Waals surface area contributed by atoms with Gasteiger partial charge in [0.25, 0.3) is 0 Å². The molecule has 1 unspecified atom stereocenters. The van der Waals surface area contributed by atoms with Crippen molar-refractivity contribution in [2.24, 2.45) is 0 Å². The lowest BCUT2D eigenvalue weighted by Crippen LogP contribution is -2.18. The van der Waals surface area contributed by atoms with Gasteiger partial charge >= 0.3 is 0 Å². The van der Waals surface area contributed by atoms with Crippen LogP contribution < -0.4 is 5.32 Å². The van der Waals surface area contributed by atoms with Crippen LogP contribution in [0.2, 0.25) is 0 Å². The van der Waals surface area contributed by atoms with Crippen LogP contribution >= 0.6 is 11.6 Å². The molecule has 0 aromatic heterocycles. The Morgan fingerprint density at radius 1 is 1.38 bits per heavy atom. The van der Waals surface area contributed by atoms with Crippen molar-refractivity contribution in [1.82, 2.24) is 5.32 Å². The predicted molar refractivity (Wildman–Crippen MR) is 58.4 cm³/mol. The number of benzene rings is 1. The molecule has 1 aromatic carbocycles. The molecule has 0 saturated heterocycles. The lowest BCUT2D eigenvalue weighted by atomic mass is 10.0. The van der Waals surface area contributed by atoms with Crippen molar-refractivity contribution < 1.29 is 0 Å². The minimum absolute atomic E-state index is 0.265. The molecule has 1 aromatic rings. The second kappa shape index (κ2) is 4.64. The second-order valence-corrected chi connectivity index (χ2v) is 3.66. The summed E-state index contributed by atoms with van der Waals surface area (Å²) in [6.07, 6.45) is 0. The van der Waals surface area contributed by atoms with Gasteiger partial charge in [0, 0.05) is 11.9 Å². The third kappa shape index (κ3) is 2.45. The fourth-order valence-corrected chi connectivity index (χ4v) is 1.77. The van der Waals surface area contributed by atoms with Gasteiger partial charge in [-0.25, -0.2) is 0 Å². The number of aryl methyl sites for hydroxylation is 2. The Balaban J connectivity index is 3.03. The lowest BCUT2D eigenvalue weighted by Gasteiger charge is -2.16. The molecule has 1 atom stereocenters. The molecule has 0 amide bonds. The number of halogens is 1. The van der Waals surface area contributed by atoms with Gasteiger partial charge in [-0.2, -0.15) is 0 Å². The molecule has 2 heteroatoms. The molecule has 0 radical (unpaired) electrons. The van der Waals surface area contributed by atoms with Crippen molar-refractivity contribution in [3.05, 3.63) is 34.9 Å². The average molecular weight is 198 g/mol. The Hall–Kier alpha value is -0.530. The zero-order chi connectivity index (χ0) is 9.84. The van der Waals surface area contributed by atoms with Gasteiger partial charge in [0.1, 0.15) is 0 Å². The molecule has 0 aliphatic heterocycles. The number of hydrogen-bond acceptors (Lipinski definition) is 1. The molecule has 13 heavy (non-hydrogen) atoms. The first-order valence-electron chi connectivity index (χ1n) is 4.49. The predicted octanol–water partition coefficient (Wildman–Crippen LogP) is 2.80. The molecular formula is C11H16ClN. The van der Waals surface area contributed by atoms with Gasteiger partial charge in [0.2, 0.25) is 0 Å². The Labute approximate surface area is 85.1 Å². The lowest BCUT2D eigenvalue weighted by molar-refractivity contribution is 0.654. The zero-order valence-electron chi connectivity index (χ0n) is 8.39. The van der Waals surface area contributed by atoms with E-state index in [-0.39, 0.29) is 6.04 Å². The standard InChI is InChI=1S/C11H16ClN/c1-8-4-5-9(2)10(6-8)11(7-12)13-3/h4-6,11,13H,7H2,1-3H3. The van der Waals surface area contributed by atoms with Crippen LogP contribution in [-0.2, 0) is 0 Å². The summed E-state index contributed by atoms with van der Waals surface area (Å²) in [5, 5.41) is 3.20. The van der Waals surface area contributed by atoms with Crippen LogP contribution in [0.5, 0.6) is 0 Å². The number of nitrogens with one attached hydrogen (secondary N) is 1. The molecule has 0 saturated carbocycles. The molecular weight excluding hydrogens is 182 g/mol. The highest BCUT2D eigenvalue weighted by Crippen LogP contribution is 2.19. The van der Waals surface area contributed by atoms with Gasteiger partial charge in [-0.05, 0) is 32.0 Å². The largest absolute Gasteiger partial charge is 0.312 e. The van der Waals surface area contributed by atoms with E-state index in [1.54, 1.807) is 0 Å². The summed E-state index contributed by atoms with van der Waals surface area (Å²) in [7, 11) is 1.94. The highest BCUT2D eigenvalue weighted by Gasteiger charge is 2.09. The summed E-state index contributed by atoms with van der Waals surface area (Å²) < 4.78 is 0. The van der Waals surface area contributed by atoms with Crippen LogP contribution in [0.25, 0.3) is 0 Å². The average Bonchev–Trinajstić information content (AvgIpc) is 2.13. The van der Waals surface area contributed by atoms with E-state index in [0.717, 1.165) is 0 Å². The smallest absolute Gasteiger partial charge is 0.0457 e. The van der Waals surface area contributed by atoms with E-state index < -0.39 is 0 Å². The Kier molecular flexibility index (Phi) is 3.76. The topological polar surface area (TPSA) is 12.0 Å². The van der Waals surface area contributed by atoms with Crippen LogP contribution in [0, 0.1) is 13.8 Å². The van der Waals surface area contributed by atoms with E-state index in [9.17, 15) is 0 Å². The highest BCUT2D eigenvalue weighted by atomic mass is 35.5. The molecule has 0 aliphatic carbocycles. The molecule has 0 fully saturated rings. The second-order valence-electron chi connectivity index (χ2n) is 3.36. The van der Waals surface area contributed by atoms with Crippen molar-refractivity contribution in [3.8, 4) is 0 Å². The zero-order valence-corrected chi connectivity index (χ0v) is 9.15. The minimum Gasteiger partial charge on any atom is -0.312 e. The van der Waals surface area contributed by atoms with E-state index in [4.69, 9.17) is 11.6 Å². The van der Waals surface area contributed by atoms with Crippen molar-refractivity contribution in [2.45, 2.75) is 19.9 Å². The van der Waals surface area contributed by atoms with Gasteiger partial charge in [0.05, 0.1) is 0 Å². The molecule has 1 rings (SSSR count). The minimum atomic E-state index is 0.265. The van der Waals surface area contributed by atoms with Crippen molar-refractivity contribution in [2.75, 3.05) is 12.9 Å². The van der Waals surface area contributed by atoms with E-state index in [2.05, 4.69) is 37.4 Å². The normalized spacial score (nSPS) is 12.9. The van der Waals surface area contributed by atoms with Crippen LogP contribution in [0.15, 0.2) is 18.2 Å². The molecule has 0 spiro atoms. The van der Waals surface area contributed by atoms with Gasteiger partial charge in [-0.15, -0.1) is 11.6 Å². The summed E-state index contributed by atoms with van der Waals surface area (Å²) in [6, 6.07) is 6.72. The van der Waals surface area contributed by atoms with E-state index in [0.29, 0.717) is 5.88 Å². The first-order chi connectivity index (χ1) is 6.19. The van der Waals surface area contributed by atoms with Gasteiger partial charge < -0.3 is 5.32 Å². The van der Waals surface area contributed by atoms with Gasteiger partial charge in [-0.3, -0.25) is 0 Å². The maximum atomic E-state index is 5.86. The summed E-state index contributed by atoms with van der Waals surface area (Å²) in [6.45, 7) is 4.22. The maximum absolute atomic E-state index is 5.86. The van der Waals surface area contributed by atoms with Crippen LogP contribution in [0.3, 0.4) is 0 Å². The molecule has 0 bridgehead atoms. The first-order valence-corrected chi connectivity index (χ1v) is 5.03. The summed E-state index contributed by atoms with van der Waals surface area (Å²) in [4.78, 5) is 0. The fraction of sp³-hybridized carbons (Fsp3) is 0.455. The quantitative estimate of drug-likeness (QED) is 0.735. The van der Waals surface area contributed by atoms with Crippen LogP contribution in [-0.4, -0.2) is 12.9 Å². The molecule has 0 heterocycles. The SMILES string of the molecule is CNC(CCl)c1cc(C)ccc1C. The number of alkyl halides is 1. The molecule has 1 N–H and O–H groups in total. The Morgan fingerprint density at radius 3 is 2.62 bits per heavy atom. The molecule has 72 valence electrons. The van der Waals surface area contributed by atoms with Crippen LogP contribution in [0.1, 0.15) is 22.7 Å². The van der Waals surface area contributed by atoms with Crippen molar-refractivity contribution >= 4 is 11.6 Å². The van der Waals surface area contributed by atoms with Crippen molar-refractivity contribution in [1.29, 1.82) is 0 Å². The monoisotopic (exact) mass is 197 g/mol. The third-order valence-electron chi connectivity index (χ3n) is 2.31. The Bertz CT molecular complexity index is 279. The molecule has 1 nitrogen and oxygen atoms in total. The number of hydrogen-bond donors (Lipinski definition) is 1. The summed E-state index contributed by atoms with van der Waals surface area (Å²) in [5.74, 6) is 0.612. The highest BCUT2D eigenvalue weighted by molar-refractivity contribution is 6.18. The van der Waals surface area contributed by atoms with Crippen LogP contribution in [0.4, 0.5) is 0 Å². The van der Waals surface area contributed by atoms with Gasteiger partial charge in [0.15, 0.2) is 0 Å². The molecule has 0 aliphatic rings. The van der Waals surface area contributed by atoms with E-state index in [1.807, 2.05) is 7.05 Å². The maximum Gasteiger partial charge on any atom is 0.0457 e. The van der Waals surface area contributed by atoms with Crippen molar-refractivity contribution in [3.63, 3.8) is 0 Å². The van der Waals surface area contributed by atoms with Gasteiger partial charge in [-0.1, -0.05) is 23.8 Å². The van der Waals surface area contributed by atoms with E-state index in [1.165, 1.54) is 16.7 Å². The summed E-state index contributed by atoms with van der Waals surface area (Å²) >= 11 is 5.86. The van der Waals surface area contributed by atoms with E-state index >= 15 is 0 Å². The summed E-state index contributed by atoms with van der Waals surface area (Å²) in [5.41, 5.74) is 3.88. The third-order valence-corrected chi connectivity index (χ3v) is 2.62. The Morgan fingerprint density at radius 2 is 2.08 bits per heavy atom. The first kappa shape index (κ1) is 10.6. The fourth-order valence-electron chi connectivity index (χ4n) is 1.45.